The number of amides is 2. The Balaban J connectivity index is 2.73. The smallest absolute Gasteiger partial charge is 0.404 e. The van der Waals surface area contributed by atoms with Crippen LogP contribution in [0.1, 0.15) is 32.8 Å². The van der Waals surface area contributed by atoms with Crippen LogP contribution in [0.3, 0.4) is 0 Å². The van der Waals surface area contributed by atoms with Crippen molar-refractivity contribution >= 4 is 12.0 Å². The zero-order chi connectivity index (χ0) is 21.3. The van der Waals surface area contributed by atoms with E-state index >= 15 is 0 Å². The second kappa shape index (κ2) is 11.6. The quantitative estimate of drug-likeness (QED) is 0.387. The van der Waals surface area contributed by atoms with Crippen LogP contribution in [0, 0.1) is 17.6 Å². The van der Waals surface area contributed by atoms with Crippen molar-refractivity contribution in [1.82, 2.24) is 16.0 Å². The minimum absolute atomic E-state index is 0.0731. The molecule has 5 N–H and O–H groups in total. The van der Waals surface area contributed by atoms with Gasteiger partial charge in [-0.3, -0.25) is 4.79 Å². The second-order valence-corrected chi connectivity index (χ2v) is 7.11. The van der Waals surface area contributed by atoms with E-state index < -0.39 is 35.9 Å². The summed E-state index contributed by atoms with van der Waals surface area (Å²) >= 11 is 0. The van der Waals surface area contributed by atoms with Crippen molar-refractivity contribution in [2.45, 2.75) is 51.8 Å². The number of benzene rings is 1. The molecule has 2 amide bonds. The van der Waals surface area contributed by atoms with Crippen molar-refractivity contribution < 1.29 is 28.6 Å². The fourth-order valence-corrected chi connectivity index (χ4v) is 2.68. The maximum atomic E-state index is 13.4. The van der Waals surface area contributed by atoms with Gasteiger partial charge in [0.2, 0.25) is 5.91 Å². The van der Waals surface area contributed by atoms with E-state index in [0.717, 1.165) is 12.1 Å². The molecule has 0 unspecified atom stereocenters. The van der Waals surface area contributed by atoms with E-state index in [9.17, 15) is 23.5 Å². The van der Waals surface area contributed by atoms with Crippen molar-refractivity contribution in [3.05, 3.63) is 35.4 Å². The fourth-order valence-electron chi connectivity index (χ4n) is 2.68. The summed E-state index contributed by atoms with van der Waals surface area (Å²) in [6.07, 6.45) is -2.22. The maximum Gasteiger partial charge on any atom is 0.404 e. The summed E-state index contributed by atoms with van der Waals surface area (Å²) < 4.78 is 26.7. The molecule has 0 fully saturated rings. The molecule has 7 nitrogen and oxygen atoms in total. The average molecular weight is 401 g/mol. The summed E-state index contributed by atoms with van der Waals surface area (Å²) in [6.45, 7) is 6.19. The van der Waals surface area contributed by atoms with Gasteiger partial charge in [0.05, 0.1) is 18.2 Å². The normalized spacial score (nSPS) is 14.4. The first-order valence-corrected chi connectivity index (χ1v) is 9.25. The summed E-state index contributed by atoms with van der Waals surface area (Å²) in [7, 11) is 0. The molecule has 0 aliphatic heterocycles. The molecule has 0 saturated heterocycles. The maximum absolute atomic E-state index is 13.4. The van der Waals surface area contributed by atoms with E-state index in [2.05, 4.69) is 16.0 Å². The molecule has 28 heavy (non-hydrogen) atoms. The highest BCUT2D eigenvalue weighted by Gasteiger charge is 2.24. The zero-order valence-corrected chi connectivity index (χ0v) is 16.3. The summed E-state index contributed by atoms with van der Waals surface area (Å²) in [5.41, 5.74) is 0.206. The van der Waals surface area contributed by atoms with Crippen molar-refractivity contribution in [2.24, 2.45) is 5.92 Å². The molecule has 0 aliphatic carbocycles. The van der Waals surface area contributed by atoms with Crippen LogP contribution in [-0.4, -0.2) is 53.5 Å². The lowest BCUT2D eigenvalue weighted by Crippen LogP contribution is -2.52. The zero-order valence-electron chi connectivity index (χ0n) is 16.3. The Morgan fingerprint density at radius 3 is 2.21 bits per heavy atom. The lowest BCUT2D eigenvalue weighted by atomic mass is 10.0. The molecule has 0 aliphatic rings. The Morgan fingerprint density at radius 2 is 1.71 bits per heavy atom. The predicted octanol–water partition coefficient (Wildman–Crippen LogP) is 1.64. The number of carbonyl (C=O) groups excluding carboxylic acids is 1. The average Bonchev–Trinajstić information content (AvgIpc) is 2.58. The van der Waals surface area contributed by atoms with Crippen LogP contribution in [-0.2, 0) is 11.2 Å². The van der Waals surface area contributed by atoms with Crippen molar-refractivity contribution in [3.8, 4) is 0 Å². The molecular weight excluding hydrogens is 372 g/mol. The number of hydrogen-bond acceptors (Lipinski definition) is 4. The summed E-state index contributed by atoms with van der Waals surface area (Å²) in [5, 5.41) is 27.3. The monoisotopic (exact) mass is 401 g/mol. The van der Waals surface area contributed by atoms with E-state index in [1.165, 1.54) is 0 Å². The third kappa shape index (κ3) is 8.62. The third-order valence-electron chi connectivity index (χ3n) is 4.13. The van der Waals surface area contributed by atoms with E-state index in [0.29, 0.717) is 24.9 Å². The highest BCUT2D eigenvalue weighted by molar-refractivity contribution is 5.81. The van der Waals surface area contributed by atoms with Crippen LogP contribution in [0.15, 0.2) is 18.2 Å². The van der Waals surface area contributed by atoms with Gasteiger partial charge in [-0.1, -0.05) is 20.8 Å². The third-order valence-corrected chi connectivity index (χ3v) is 4.13. The van der Waals surface area contributed by atoms with Gasteiger partial charge in [-0.2, -0.15) is 0 Å². The molecule has 1 rings (SSSR count). The summed E-state index contributed by atoms with van der Waals surface area (Å²) in [4.78, 5) is 23.2. The molecule has 9 heteroatoms. The molecule has 0 heterocycles. The first-order chi connectivity index (χ1) is 13.1. The standard InChI is InChI=1S/C19H29F2N3O4/c1-4-15(18(26)23-9-11(2)3)22-10-17(25)16(24-19(27)28)7-12-5-13(20)8-14(21)6-12/h5-6,8,11,15-17,22,24-25H,4,7,9-10H2,1-3H3,(H,23,26)(H,27,28)/t15-,16+,17-/m1/s1. The van der Waals surface area contributed by atoms with Crippen LogP contribution in [0.2, 0.25) is 0 Å². The van der Waals surface area contributed by atoms with Gasteiger partial charge in [0, 0.05) is 19.2 Å². The number of rotatable bonds is 11. The minimum Gasteiger partial charge on any atom is -0.465 e. The van der Waals surface area contributed by atoms with Gasteiger partial charge < -0.3 is 26.2 Å². The van der Waals surface area contributed by atoms with E-state index in [1.807, 2.05) is 20.8 Å². The Hall–Kier alpha value is -2.26. The molecule has 158 valence electrons. The van der Waals surface area contributed by atoms with Crippen LogP contribution in [0.4, 0.5) is 13.6 Å². The van der Waals surface area contributed by atoms with Crippen molar-refractivity contribution in [1.29, 1.82) is 0 Å². The van der Waals surface area contributed by atoms with Crippen molar-refractivity contribution in [2.75, 3.05) is 13.1 Å². The van der Waals surface area contributed by atoms with Gasteiger partial charge in [0.1, 0.15) is 11.6 Å². The molecule has 0 bridgehead atoms. The number of aliphatic hydroxyl groups is 1. The lowest BCUT2D eigenvalue weighted by Gasteiger charge is -2.25. The SMILES string of the molecule is CC[C@@H](NC[C@@H](O)[C@H](Cc1cc(F)cc(F)c1)NC(=O)O)C(=O)NCC(C)C. The van der Waals surface area contributed by atoms with Crippen LogP contribution in [0.5, 0.6) is 0 Å². The lowest BCUT2D eigenvalue weighted by molar-refractivity contribution is -0.123. The number of hydrogen-bond donors (Lipinski definition) is 5. The Kier molecular flexibility index (Phi) is 9.81. The highest BCUT2D eigenvalue weighted by Crippen LogP contribution is 2.12. The van der Waals surface area contributed by atoms with Gasteiger partial charge in [-0.25, -0.2) is 13.6 Å². The van der Waals surface area contributed by atoms with Gasteiger partial charge >= 0.3 is 6.09 Å². The Morgan fingerprint density at radius 1 is 1.11 bits per heavy atom. The van der Waals surface area contributed by atoms with Crippen LogP contribution < -0.4 is 16.0 Å². The van der Waals surface area contributed by atoms with E-state index in [4.69, 9.17) is 5.11 Å². The predicted molar refractivity (Wildman–Crippen MR) is 101 cm³/mol. The first kappa shape index (κ1) is 23.8. The molecule has 0 saturated carbocycles. The molecule has 1 aromatic carbocycles. The Labute approximate surface area is 163 Å². The molecule has 1 aromatic rings. The first-order valence-electron chi connectivity index (χ1n) is 9.25. The molecule has 3 atom stereocenters. The topological polar surface area (TPSA) is 111 Å². The minimum atomic E-state index is -1.37. The van der Waals surface area contributed by atoms with Gasteiger partial charge in [0.25, 0.3) is 0 Å². The fraction of sp³-hybridized carbons (Fsp3) is 0.579. The number of carbonyl (C=O) groups is 2. The van der Waals surface area contributed by atoms with Crippen molar-refractivity contribution in [3.63, 3.8) is 0 Å². The van der Waals surface area contributed by atoms with Crippen LogP contribution in [0.25, 0.3) is 0 Å². The number of nitrogens with one attached hydrogen (secondary N) is 3. The second-order valence-electron chi connectivity index (χ2n) is 7.11. The summed E-state index contributed by atoms with van der Waals surface area (Å²) in [6, 6.07) is 1.30. The molecule has 0 spiro atoms. The highest BCUT2D eigenvalue weighted by atomic mass is 19.1. The van der Waals surface area contributed by atoms with Gasteiger partial charge in [-0.05, 0) is 36.5 Å². The molecule has 0 aromatic heterocycles. The van der Waals surface area contributed by atoms with Crippen LogP contribution >= 0.6 is 0 Å². The van der Waals surface area contributed by atoms with E-state index in [-0.39, 0.29) is 24.4 Å². The Bertz CT molecular complexity index is 638. The molecule has 0 radical (unpaired) electrons. The van der Waals surface area contributed by atoms with E-state index in [1.54, 1.807) is 0 Å². The largest absolute Gasteiger partial charge is 0.465 e. The number of carboxylic acid groups (broad SMARTS) is 1. The van der Waals surface area contributed by atoms with Gasteiger partial charge in [0.15, 0.2) is 0 Å². The molecular formula is C19H29F2N3O4. The number of halogens is 2. The number of aliphatic hydroxyl groups excluding tert-OH is 1. The van der Waals surface area contributed by atoms with Gasteiger partial charge in [-0.15, -0.1) is 0 Å². The summed E-state index contributed by atoms with van der Waals surface area (Å²) in [5.74, 6) is -1.49.